The number of benzene rings is 1. The average molecular weight is 334 g/mol. The second-order valence-corrected chi connectivity index (χ2v) is 7.96. The zero-order chi connectivity index (χ0) is 16.3. The Labute approximate surface area is 137 Å². The predicted octanol–water partition coefficient (Wildman–Crippen LogP) is 1.69. The Morgan fingerprint density at radius 1 is 1.26 bits per heavy atom. The molecule has 1 aromatic heterocycles. The van der Waals surface area contributed by atoms with Gasteiger partial charge in [0.05, 0.1) is 5.75 Å². The van der Waals surface area contributed by atoms with Crippen molar-refractivity contribution in [3.05, 3.63) is 48.0 Å². The van der Waals surface area contributed by atoms with Gasteiger partial charge in [-0.25, -0.2) is 12.7 Å². The highest BCUT2D eigenvalue weighted by molar-refractivity contribution is 7.88. The second-order valence-electron chi connectivity index (χ2n) is 5.99. The first kappa shape index (κ1) is 16.1. The Kier molecular flexibility index (Phi) is 4.77. The molecular formula is C16H22N4O2S. The van der Waals surface area contributed by atoms with Crippen LogP contribution in [-0.4, -0.2) is 40.6 Å². The minimum absolute atomic E-state index is 0.0751. The third-order valence-electron chi connectivity index (χ3n) is 4.34. The predicted molar refractivity (Wildman–Crippen MR) is 88.1 cm³/mol. The van der Waals surface area contributed by atoms with Gasteiger partial charge in [-0.1, -0.05) is 30.3 Å². The van der Waals surface area contributed by atoms with Crippen molar-refractivity contribution in [2.24, 2.45) is 5.92 Å². The quantitative estimate of drug-likeness (QED) is 0.806. The molecule has 2 aromatic rings. The Morgan fingerprint density at radius 3 is 2.78 bits per heavy atom. The summed E-state index contributed by atoms with van der Waals surface area (Å²) >= 11 is 0. The van der Waals surface area contributed by atoms with E-state index in [9.17, 15) is 8.42 Å². The topological polar surface area (TPSA) is 68.1 Å². The summed E-state index contributed by atoms with van der Waals surface area (Å²) < 4.78 is 28.8. The lowest BCUT2D eigenvalue weighted by atomic mass is 10.0. The van der Waals surface area contributed by atoms with Crippen LogP contribution in [0.25, 0.3) is 0 Å². The molecule has 1 aliphatic rings. The fraction of sp³-hybridized carbons (Fsp3) is 0.500. The summed E-state index contributed by atoms with van der Waals surface area (Å²) in [6, 6.07) is 9.35. The van der Waals surface area contributed by atoms with Crippen LogP contribution < -0.4 is 0 Å². The summed E-state index contributed by atoms with van der Waals surface area (Å²) in [5.41, 5.74) is 0.835. The van der Waals surface area contributed by atoms with E-state index >= 15 is 0 Å². The van der Waals surface area contributed by atoms with Gasteiger partial charge in [-0.15, -0.1) is 10.2 Å². The molecule has 0 aliphatic carbocycles. The smallest absolute Gasteiger partial charge is 0.218 e. The molecule has 23 heavy (non-hydrogen) atoms. The van der Waals surface area contributed by atoms with E-state index in [1.54, 1.807) is 10.6 Å². The zero-order valence-corrected chi connectivity index (χ0v) is 14.1. The van der Waals surface area contributed by atoms with Crippen LogP contribution in [0, 0.1) is 5.92 Å². The molecule has 1 aliphatic heterocycles. The number of hydrogen-bond donors (Lipinski definition) is 0. The molecule has 0 N–H and O–H groups in total. The van der Waals surface area contributed by atoms with E-state index in [2.05, 4.69) is 17.1 Å². The zero-order valence-electron chi connectivity index (χ0n) is 13.3. The monoisotopic (exact) mass is 334 g/mol. The van der Waals surface area contributed by atoms with Crippen molar-refractivity contribution in [2.45, 2.75) is 32.1 Å². The molecular weight excluding hydrogens is 312 g/mol. The Hall–Kier alpha value is -1.73. The first-order valence-corrected chi connectivity index (χ1v) is 9.58. The average Bonchev–Trinajstić information content (AvgIpc) is 3.18. The first-order chi connectivity index (χ1) is 11.1. The van der Waals surface area contributed by atoms with Gasteiger partial charge in [0.15, 0.2) is 0 Å². The maximum atomic E-state index is 12.6. The van der Waals surface area contributed by atoms with E-state index in [0.29, 0.717) is 19.0 Å². The molecule has 1 saturated heterocycles. The van der Waals surface area contributed by atoms with Crippen molar-refractivity contribution in [3.63, 3.8) is 0 Å². The molecule has 7 heteroatoms. The lowest BCUT2D eigenvalue weighted by molar-refractivity contribution is 0.449. The fourth-order valence-electron chi connectivity index (χ4n) is 3.05. The van der Waals surface area contributed by atoms with Crippen molar-refractivity contribution in [3.8, 4) is 0 Å². The van der Waals surface area contributed by atoms with Gasteiger partial charge in [0.2, 0.25) is 10.0 Å². The van der Waals surface area contributed by atoms with Gasteiger partial charge in [-0.05, 0) is 24.8 Å². The molecule has 1 unspecified atom stereocenters. The molecule has 0 bridgehead atoms. The molecule has 1 aromatic carbocycles. The highest BCUT2D eigenvalue weighted by Crippen LogP contribution is 2.24. The number of aromatic nitrogens is 3. The van der Waals surface area contributed by atoms with Crippen LogP contribution in [0.5, 0.6) is 0 Å². The van der Waals surface area contributed by atoms with Crippen molar-refractivity contribution in [1.82, 2.24) is 19.1 Å². The molecule has 0 amide bonds. The maximum absolute atomic E-state index is 12.6. The van der Waals surface area contributed by atoms with Crippen LogP contribution >= 0.6 is 0 Å². The van der Waals surface area contributed by atoms with Crippen molar-refractivity contribution >= 4 is 10.0 Å². The van der Waals surface area contributed by atoms with Crippen LogP contribution in [-0.2, 0) is 28.7 Å². The van der Waals surface area contributed by atoms with Gasteiger partial charge in [-0.2, -0.15) is 0 Å². The molecule has 3 rings (SSSR count). The Balaban J connectivity index is 1.62. The van der Waals surface area contributed by atoms with E-state index in [0.717, 1.165) is 30.8 Å². The van der Waals surface area contributed by atoms with Gasteiger partial charge in [0.25, 0.3) is 0 Å². The SMILES string of the molecule is CCn1cnnc1CC1CCN(S(=O)(=O)Cc2ccccc2)C1. The van der Waals surface area contributed by atoms with Crippen LogP contribution in [0.3, 0.4) is 0 Å². The fourth-order valence-corrected chi connectivity index (χ4v) is 4.67. The summed E-state index contributed by atoms with van der Waals surface area (Å²) in [6.07, 6.45) is 3.39. The lowest BCUT2D eigenvalue weighted by Gasteiger charge is -2.16. The van der Waals surface area contributed by atoms with Gasteiger partial charge in [0.1, 0.15) is 12.2 Å². The van der Waals surface area contributed by atoms with Gasteiger partial charge in [-0.3, -0.25) is 0 Å². The van der Waals surface area contributed by atoms with E-state index in [1.807, 2.05) is 34.9 Å². The third kappa shape index (κ3) is 3.79. The number of hydrogen-bond acceptors (Lipinski definition) is 4. The van der Waals surface area contributed by atoms with Crippen LogP contribution in [0.15, 0.2) is 36.7 Å². The van der Waals surface area contributed by atoms with Crippen molar-refractivity contribution in [2.75, 3.05) is 13.1 Å². The van der Waals surface area contributed by atoms with Crippen LogP contribution in [0.1, 0.15) is 24.7 Å². The minimum atomic E-state index is -3.25. The molecule has 1 atom stereocenters. The first-order valence-electron chi connectivity index (χ1n) is 7.97. The number of nitrogens with zero attached hydrogens (tertiary/aromatic N) is 4. The summed E-state index contributed by atoms with van der Waals surface area (Å²) in [7, 11) is -3.25. The Morgan fingerprint density at radius 2 is 2.04 bits per heavy atom. The highest BCUT2D eigenvalue weighted by atomic mass is 32.2. The molecule has 0 radical (unpaired) electrons. The van der Waals surface area contributed by atoms with Crippen molar-refractivity contribution in [1.29, 1.82) is 0 Å². The number of rotatable bonds is 6. The van der Waals surface area contributed by atoms with Gasteiger partial charge in [0, 0.05) is 26.1 Å². The molecule has 0 spiro atoms. The number of aryl methyl sites for hydroxylation is 1. The minimum Gasteiger partial charge on any atom is -0.318 e. The largest absolute Gasteiger partial charge is 0.318 e. The molecule has 2 heterocycles. The standard InChI is InChI=1S/C16H22N4O2S/c1-2-19-13-17-18-16(19)10-15-8-9-20(11-15)23(21,22)12-14-6-4-3-5-7-14/h3-7,13,15H,2,8-12H2,1H3. The van der Waals surface area contributed by atoms with Gasteiger partial charge < -0.3 is 4.57 Å². The van der Waals surface area contributed by atoms with E-state index in [-0.39, 0.29) is 5.75 Å². The molecule has 6 nitrogen and oxygen atoms in total. The Bertz CT molecular complexity index is 742. The van der Waals surface area contributed by atoms with Crippen molar-refractivity contribution < 1.29 is 8.42 Å². The summed E-state index contributed by atoms with van der Waals surface area (Å²) in [4.78, 5) is 0. The molecule has 124 valence electrons. The third-order valence-corrected chi connectivity index (χ3v) is 6.16. The summed E-state index contributed by atoms with van der Waals surface area (Å²) in [6.45, 7) is 4.06. The van der Waals surface area contributed by atoms with E-state index in [4.69, 9.17) is 0 Å². The summed E-state index contributed by atoms with van der Waals surface area (Å²) in [5, 5.41) is 8.09. The second kappa shape index (κ2) is 6.80. The lowest BCUT2D eigenvalue weighted by Crippen LogP contribution is -2.30. The van der Waals surface area contributed by atoms with E-state index in [1.165, 1.54) is 0 Å². The maximum Gasteiger partial charge on any atom is 0.218 e. The molecule has 0 saturated carbocycles. The summed E-state index contributed by atoms with van der Waals surface area (Å²) in [5.74, 6) is 1.33. The van der Waals surface area contributed by atoms with Crippen LogP contribution in [0.4, 0.5) is 0 Å². The number of sulfonamides is 1. The van der Waals surface area contributed by atoms with E-state index < -0.39 is 10.0 Å². The van der Waals surface area contributed by atoms with Crippen LogP contribution in [0.2, 0.25) is 0 Å². The van der Waals surface area contributed by atoms with Gasteiger partial charge >= 0.3 is 0 Å². The molecule has 1 fully saturated rings. The normalized spacial score (nSPS) is 19.3. The highest BCUT2D eigenvalue weighted by Gasteiger charge is 2.32.